The molecule has 0 saturated heterocycles. The predicted molar refractivity (Wildman–Crippen MR) is 82.3 cm³/mol. The molecule has 0 heterocycles. The number of hydrogen-bond donors (Lipinski definition) is 1. The molecule has 1 fully saturated rings. The van der Waals surface area contributed by atoms with Crippen molar-refractivity contribution in [2.75, 3.05) is 27.3 Å². The number of methoxy groups -OCH3 is 1. The van der Waals surface area contributed by atoms with Crippen LogP contribution in [-0.2, 0) is 11.3 Å². The van der Waals surface area contributed by atoms with Gasteiger partial charge in [0.1, 0.15) is 0 Å². The lowest BCUT2D eigenvalue weighted by atomic mass is 10.2. The van der Waals surface area contributed by atoms with E-state index in [9.17, 15) is 0 Å². The maximum atomic E-state index is 5.35. The van der Waals surface area contributed by atoms with E-state index in [0.717, 1.165) is 30.2 Å². The van der Waals surface area contributed by atoms with E-state index in [2.05, 4.69) is 57.5 Å². The van der Waals surface area contributed by atoms with Crippen molar-refractivity contribution < 1.29 is 4.74 Å². The monoisotopic (exact) mass is 326 g/mol. The molecule has 1 unspecified atom stereocenters. The number of likely N-dealkylation sites (N-methyl/N-ethyl adjacent to an activating group) is 1. The van der Waals surface area contributed by atoms with Gasteiger partial charge in [-0.05, 0) is 37.6 Å². The molecular weight excluding hydrogens is 304 g/mol. The van der Waals surface area contributed by atoms with Gasteiger partial charge in [-0.25, -0.2) is 0 Å². The molecule has 0 radical (unpaired) electrons. The zero-order valence-corrected chi connectivity index (χ0v) is 13.3. The van der Waals surface area contributed by atoms with Crippen molar-refractivity contribution in [2.45, 2.75) is 31.5 Å². The van der Waals surface area contributed by atoms with Crippen molar-refractivity contribution in [3.8, 4) is 0 Å². The van der Waals surface area contributed by atoms with Gasteiger partial charge in [-0.1, -0.05) is 28.1 Å². The van der Waals surface area contributed by atoms with E-state index < -0.39 is 0 Å². The lowest BCUT2D eigenvalue weighted by Crippen LogP contribution is -2.43. The number of benzene rings is 1. The number of hydrogen-bond acceptors (Lipinski definition) is 3. The Bertz CT molecular complexity index is 395. The van der Waals surface area contributed by atoms with Crippen molar-refractivity contribution >= 4 is 15.9 Å². The molecule has 0 spiro atoms. The summed E-state index contributed by atoms with van der Waals surface area (Å²) < 4.78 is 6.49. The van der Waals surface area contributed by atoms with Crippen LogP contribution in [0.2, 0.25) is 0 Å². The Morgan fingerprint density at radius 2 is 2.26 bits per heavy atom. The van der Waals surface area contributed by atoms with Crippen LogP contribution in [0.15, 0.2) is 28.7 Å². The number of halogens is 1. The first-order valence-corrected chi connectivity index (χ1v) is 7.65. The maximum absolute atomic E-state index is 5.35. The summed E-state index contributed by atoms with van der Waals surface area (Å²) in [5.74, 6) is 0. The minimum absolute atomic E-state index is 0.421. The summed E-state index contributed by atoms with van der Waals surface area (Å²) in [6.07, 6.45) is 2.66. The molecule has 3 nitrogen and oxygen atoms in total. The summed E-state index contributed by atoms with van der Waals surface area (Å²) in [6, 6.07) is 9.66. The highest BCUT2D eigenvalue weighted by Gasteiger charge is 2.23. The molecular formula is C15H23BrN2O. The minimum Gasteiger partial charge on any atom is -0.383 e. The van der Waals surface area contributed by atoms with Crippen LogP contribution in [0.3, 0.4) is 0 Å². The van der Waals surface area contributed by atoms with Gasteiger partial charge in [-0.2, -0.15) is 0 Å². The highest BCUT2D eigenvalue weighted by atomic mass is 79.9. The molecule has 4 heteroatoms. The van der Waals surface area contributed by atoms with E-state index in [0.29, 0.717) is 6.04 Å². The first-order valence-electron chi connectivity index (χ1n) is 6.86. The summed E-state index contributed by atoms with van der Waals surface area (Å²) in [5, 5.41) is 3.59. The van der Waals surface area contributed by atoms with Crippen LogP contribution in [0.25, 0.3) is 0 Å². The number of nitrogens with one attached hydrogen (secondary N) is 1. The molecule has 1 aromatic carbocycles. The largest absolute Gasteiger partial charge is 0.383 e. The summed E-state index contributed by atoms with van der Waals surface area (Å²) in [7, 11) is 3.94. The Balaban J connectivity index is 1.87. The number of rotatable bonds is 8. The van der Waals surface area contributed by atoms with Gasteiger partial charge in [0, 0.05) is 36.8 Å². The van der Waals surface area contributed by atoms with E-state index in [1.54, 1.807) is 7.11 Å². The molecule has 1 atom stereocenters. The lowest BCUT2D eigenvalue weighted by Gasteiger charge is -2.28. The molecule has 1 aromatic rings. The van der Waals surface area contributed by atoms with Crippen molar-refractivity contribution in [2.24, 2.45) is 0 Å². The van der Waals surface area contributed by atoms with Gasteiger partial charge >= 0.3 is 0 Å². The average Bonchev–Trinajstić information content (AvgIpc) is 3.18. The fraction of sp³-hybridized carbons (Fsp3) is 0.600. The van der Waals surface area contributed by atoms with E-state index in [1.165, 1.54) is 18.4 Å². The lowest BCUT2D eigenvalue weighted by molar-refractivity contribution is 0.101. The highest BCUT2D eigenvalue weighted by molar-refractivity contribution is 9.10. The van der Waals surface area contributed by atoms with Crippen molar-refractivity contribution in [1.29, 1.82) is 0 Å². The van der Waals surface area contributed by atoms with Gasteiger partial charge in [0.2, 0.25) is 0 Å². The van der Waals surface area contributed by atoms with Crippen LogP contribution >= 0.6 is 15.9 Å². The SMILES string of the molecule is COCC(CNC1CC1)N(C)Cc1cccc(Br)c1. The van der Waals surface area contributed by atoms with E-state index in [-0.39, 0.29) is 0 Å². The highest BCUT2D eigenvalue weighted by Crippen LogP contribution is 2.19. The normalized spacial score (nSPS) is 16.8. The fourth-order valence-corrected chi connectivity index (χ4v) is 2.62. The zero-order chi connectivity index (χ0) is 13.7. The second kappa shape index (κ2) is 7.39. The molecule has 2 rings (SSSR count). The van der Waals surface area contributed by atoms with Crippen LogP contribution in [0.4, 0.5) is 0 Å². The van der Waals surface area contributed by atoms with Gasteiger partial charge in [-0.15, -0.1) is 0 Å². The first kappa shape index (κ1) is 15.0. The van der Waals surface area contributed by atoms with Crippen molar-refractivity contribution in [3.63, 3.8) is 0 Å². The summed E-state index contributed by atoms with van der Waals surface area (Å²) in [6.45, 7) is 2.72. The average molecular weight is 327 g/mol. The van der Waals surface area contributed by atoms with Crippen LogP contribution in [0, 0.1) is 0 Å². The molecule has 0 bridgehead atoms. The molecule has 19 heavy (non-hydrogen) atoms. The van der Waals surface area contributed by atoms with Crippen LogP contribution in [0.1, 0.15) is 18.4 Å². The van der Waals surface area contributed by atoms with Gasteiger partial charge in [0.15, 0.2) is 0 Å². The Labute approximate surface area is 124 Å². The van der Waals surface area contributed by atoms with Gasteiger partial charge < -0.3 is 10.1 Å². The molecule has 0 amide bonds. The predicted octanol–water partition coefficient (Wildman–Crippen LogP) is 2.65. The standard InChI is InChI=1S/C15H23BrN2O/c1-18(10-12-4-3-5-13(16)8-12)15(11-19-2)9-17-14-6-7-14/h3-5,8,14-15,17H,6-7,9-11H2,1-2H3. The van der Waals surface area contributed by atoms with Crippen LogP contribution < -0.4 is 5.32 Å². The quantitative estimate of drug-likeness (QED) is 0.794. The van der Waals surface area contributed by atoms with Crippen molar-refractivity contribution in [3.05, 3.63) is 34.3 Å². The fourth-order valence-electron chi connectivity index (χ4n) is 2.18. The zero-order valence-electron chi connectivity index (χ0n) is 11.7. The molecule has 0 aliphatic heterocycles. The summed E-state index contributed by atoms with van der Waals surface area (Å²) >= 11 is 3.52. The Morgan fingerprint density at radius 1 is 1.47 bits per heavy atom. The molecule has 1 aliphatic carbocycles. The molecule has 1 saturated carbocycles. The first-order chi connectivity index (χ1) is 9.19. The van der Waals surface area contributed by atoms with Crippen LogP contribution in [0.5, 0.6) is 0 Å². The van der Waals surface area contributed by atoms with Crippen molar-refractivity contribution in [1.82, 2.24) is 10.2 Å². The third kappa shape index (κ3) is 5.22. The van der Waals surface area contributed by atoms with E-state index in [4.69, 9.17) is 4.74 Å². The Kier molecular flexibility index (Phi) is 5.82. The second-order valence-corrected chi connectivity index (χ2v) is 6.25. The second-order valence-electron chi connectivity index (χ2n) is 5.34. The topological polar surface area (TPSA) is 24.5 Å². The summed E-state index contributed by atoms with van der Waals surface area (Å²) in [4.78, 5) is 2.36. The minimum atomic E-state index is 0.421. The Morgan fingerprint density at radius 3 is 2.89 bits per heavy atom. The van der Waals surface area contributed by atoms with Gasteiger partial charge in [-0.3, -0.25) is 4.90 Å². The van der Waals surface area contributed by atoms with Gasteiger partial charge in [0.25, 0.3) is 0 Å². The van der Waals surface area contributed by atoms with Gasteiger partial charge in [0.05, 0.1) is 6.61 Å². The summed E-state index contributed by atoms with van der Waals surface area (Å²) in [5.41, 5.74) is 1.32. The van der Waals surface area contributed by atoms with E-state index >= 15 is 0 Å². The maximum Gasteiger partial charge on any atom is 0.0630 e. The molecule has 0 aromatic heterocycles. The molecule has 106 valence electrons. The third-order valence-corrected chi connectivity index (χ3v) is 4.02. The Hall–Kier alpha value is -0.420. The van der Waals surface area contributed by atoms with Crippen LogP contribution in [-0.4, -0.2) is 44.3 Å². The third-order valence-electron chi connectivity index (χ3n) is 3.52. The number of nitrogens with zero attached hydrogens (tertiary/aromatic N) is 1. The number of ether oxygens (including phenoxy) is 1. The molecule has 1 N–H and O–H groups in total. The van der Waals surface area contributed by atoms with E-state index in [1.807, 2.05) is 0 Å². The molecule has 1 aliphatic rings. The smallest absolute Gasteiger partial charge is 0.0630 e.